The molecule has 4 amide bonds. The van der Waals surface area contributed by atoms with Gasteiger partial charge >= 0.3 is 12.1 Å². The van der Waals surface area contributed by atoms with Gasteiger partial charge in [0.15, 0.2) is 0 Å². The average molecular weight is 358 g/mol. The molecule has 0 unspecified atom stereocenters. The van der Waals surface area contributed by atoms with Crippen LogP contribution >= 0.6 is 0 Å². The number of hydrogen-bond acceptors (Lipinski definition) is 2. The highest BCUT2D eigenvalue weighted by molar-refractivity contribution is 5.74. The van der Waals surface area contributed by atoms with Gasteiger partial charge in [-0.2, -0.15) is 0 Å². The Bertz CT molecular complexity index is 735. The summed E-state index contributed by atoms with van der Waals surface area (Å²) in [7, 11) is 0. The first-order chi connectivity index (χ1) is 12.6. The molecule has 2 aromatic rings. The number of halogens is 1. The van der Waals surface area contributed by atoms with Gasteiger partial charge in [-0.05, 0) is 35.7 Å². The molecule has 2 rings (SSSR count). The van der Waals surface area contributed by atoms with Gasteiger partial charge in [-0.1, -0.05) is 36.4 Å². The van der Waals surface area contributed by atoms with Gasteiger partial charge in [0.2, 0.25) is 0 Å². The molecular weight excluding hydrogens is 335 g/mol. The maximum Gasteiger partial charge on any atom is 0.315 e. The number of nitrogens with one attached hydrogen (secondary N) is 4. The molecule has 0 aromatic heterocycles. The highest BCUT2D eigenvalue weighted by Gasteiger charge is 2.03. The minimum absolute atomic E-state index is 0.212. The van der Waals surface area contributed by atoms with Crippen LogP contribution < -0.4 is 21.3 Å². The van der Waals surface area contributed by atoms with Crippen molar-refractivity contribution >= 4 is 12.1 Å². The maximum atomic E-state index is 12.8. The van der Waals surface area contributed by atoms with Gasteiger partial charge in [0.05, 0.1) is 0 Å². The van der Waals surface area contributed by atoms with E-state index >= 15 is 0 Å². The second-order valence-electron chi connectivity index (χ2n) is 5.70. The van der Waals surface area contributed by atoms with Crippen LogP contribution in [0.3, 0.4) is 0 Å². The van der Waals surface area contributed by atoms with E-state index in [1.165, 1.54) is 12.1 Å². The number of carbonyl (C=O) groups excluding carboxylic acids is 2. The molecule has 4 N–H and O–H groups in total. The molecule has 0 saturated carbocycles. The first-order valence-corrected chi connectivity index (χ1v) is 8.42. The Morgan fingerprint density at radius 1 is 0.769 bits per heavy atom. The lowest BCUT2D eigenvalue weighted by atomic mass is 10.1. The summed E-state index contributed by atoms with van der Waals surface area (Å²) in [4.78, 5) is 23.3. The largest absolute Gasteiger partial charge is 0.338 e. The summed E-state index contributed by atoms with van der Waals surface area (Å²) in [6.07, 6.45) is 0. The Morgan fingerprint density at radius 2 is 1.27 bits per heavy atom. The van der Waals surface area contributed by atoms with E-state index < -0.39 is 0 Å². The fraction of sp³-hybridized carbons (Fsp3) is 0.263. The predicted octanol–water partition coefficient (Wildman–Crippen LogP) is 2.64. The molecule has 26 heavy (non-hydrogen) atoms. The van der Waals surface area contributed by atoms with E-state index in [-0.39, 0.29) is 17.9 Å². The third-order valence-corrected chi connectivity index (χ3v) is 3.60. The van der Waals surface area contributed by atoms with Crippen molar-refractivity contribution in [2.75, 3.05) is 6.54 Å². The number of hydrogen-bond donors (Lipinski definition) is 4. The lowest BCUT2D eigenvalue weighted by Gasteiger charge is -2.10. The molecule has 0 aliphatic rings. The molecule has 7 heteroatoms. The van der Waals surface area contributed by atoms with Gasteiger partial charge in [0.1, 0.15) is 5.82 Å². The molecule has 0 atom stereocenters. The smallest absolute Gasteiger partial charge is 0.315 e. The van der Waals surface area contributed by atoms with Gasteiger partial charge < -0.3 is 21.3 Å². The van der Waals surface area contributed by atoms with Gasteiger partial charge in [0, 0.05) is 26.2 Å². The number of rotatable bonds is 7. The predicted molar refractivity (Wildman–Crippen MR) is 97.8 cm³/mol. The van der Waals surface area contributed by atoms with Crippen molar-refractivity contribution in [2.24, 2.45) is 0 Å². The zero-order chi connectivity index (χ0) is 18.8. The Kier molecular flexibility index (Phi) is 7.42. The molecule has 0 fully saturated rings. The van der Waals surface area contributed by atoms with Gasteiger partial charge in [-0.25, -0.2) is 14.0 Å². The van der Waals surface area contributed by atoms with Gasteiger partial charge in [0.25, 0.3) is 0 Å². The molecule has 6 nitrogen and oxygen atoms in total. The first kappa shape index (κ1) is 19.2. The Morgan fingerprint density at radius 3 is 1.81 bits per heavy atom. The van der Waals surface area contributed by atoms with Crippen LogP contribution in [0.15, 0.2) is 48.5 Å². The summed E-state index contributed by atoms with van der Waals surface area (Å²) < 4.78 is 12.8. The molecule has 0 spiro atoms. The van der Waals surface area contributed by atoms with E-state index in [1.54, 1.807) is 12.1 Å². The monoisotopic (exact) mass is 358 g/mol. The second kappa shape index (κ2) is 10.0. The van der Waals surface area contributed by atoms with Crippen molar-refractivity contribution < 1.29 is 14.0 Å². The number of urea groups is 2. The molecule has 2 aromatic carbocycles. The lowest BCUT2D eigenvalue weighted by Crippen LogP contribution is -2.35. The summed E-state index contributed by atoms with van der Waals surface area (Å²) in [5.41, 5.74) is 2.69. The van der Waals surface area contributed by atoms with E-state index in [0.29, 0.717) is 26.2 Å². The second-order valence-corrected chi connectivity index (χ2v) is 5.70. The molecule has 0 saturated heterocycles. The Balaban J connectivity index is 1.75. The van der Waals surface area contributed by atoms with Crippen LogP contribution in [-0.4, -0.2) is 18.6 Å². The zero-order valence-corrected chi connectivity index (χ0v) is 14.6. The summed E-state index contributed by atoms with van der Waals surface area (Å²) in [5, 5.41) is 10.9. The maximum absolute atomic E-state index is 12.8. The summed E-state index contributed by atoms with van der Waals surface area (Å²) in [6.45, 7) is 3.53. The zero-order valence-electron chi connectivity index (χ0n) is 14.6. The third kappa shape index (κ3) is 6.80. The molecule has 0 radical (unpaired) electrons. The summed E-state index contributed by atoms with van der Waals surface area (Å²) in [5.74, 6) is -0.306. The van der Waals surface area contributed by atoms with Crippen LogP contribution in [0.25, 0.3) is 0 Å². The third-order valence-electron chi connectivity index (χ3n) is 3.60. The van der Waals surface area contributed by atoms with Crippen molar-refractivity contribution in [3.8, 4) is 0 Å². The van der Waals surface area contributed by atoms with Crippen LogP contribution in [0.4, 0.5) is 14.0 Å². The van der Waals surface area contributed by atoms with Gasteiger partial charge in [-0.3, -0.25) is 0 Å². The van der Waals surface area contributed by atoms with Crippen molar-refractivity contribution in [1.29, 1.82) is 0 Å². The highest BCUT2D eigenvalue weighted by Crippen LogP contribution is 2.05. The van der Waals surface area contributed by atoms with Crippen LogP contribution in [-0.2, 0) is 19.6 Å². The minimum atomic E-state index is -0.306. The fourth-order valence-corrected chi connectivity index (χ4v) is 2.28. The van der Waals surface area contributed by atoms with Crippen molar-refractivity contribution in [3.63, 3.8) is 0 Å². The lowest BCUT2D eigenvalue weighted by molar-refractivity contribution is 0.239. The first-order valence-electron chi connectivity index (χ1n) is 8.42. The van der Waals surface area contributed by atoms with E-state index in [0.717, 1.165) is 16.7 Å². The van der Waals surface area contributed by atoms with Crippen LogP contribution in [0, 0.1) is 5.82 Å². The molecule has 138 valence electrons. The van der Waals surface area contributed by atoms with E-state index in [1.807, 2.05) is 31.2 Å². The van der Waals surface area contributed by atoms with Crippen LogP contribution in [0.2, 0.25) is 0 Å². The normalized spacial score (nSPS) is 10.1. The van der Waals surface area contributed by atoms with Gasteiger partial charge in [-0.15, -0.1) is 0 Å². The molecule has 0 heterocycles. The molecule has 0 bridgehead atoms. The highest BCUT2D eigenvalue weighted by atomic mass is 19.1. The van der Waals surface area contributed by atoms with Crippen LogP contribution in [0.5, 0.6) is 0 Å². The minimum Gasteiger partial charge on any atom is -0.338 e. The van der Waals surface area contributed by atoms with Crippen molar-refractivity contribution in [3.05, 3.63) is 71.0 Å². The molecule has 0 aliphatic carbocycles. The number of carbonyl (C=O) groups is 2. The SMILES string of the molecule is CCNC(=O)NCc1cccc(CNC(=O)NCc2ccc(F)cc2)c1. The van der Waals surface area contributed by atoms with Crippen molar-refractivity contribution in [1.82, 2.24) is 21.3 Å². The van der Waals surface area contributed by atoms with E-state index in [2.05, 4.69) is 21.3 Å². The van der Waals surface area contributed by atoms with E-state index in [4.69, 9.17) is 0 Å². The quantitative estimate of drug-likeness (QED) is 0.614. The molecule has 0 aliphatic heterocycles. The summed E-state index contributed by atoms with van der Waals surface area (Å²) >= 11 is 0. The average Bonchev–Trinajstić information content (AvgIpc) is 2.65. The standard InChI is InChI=1S/C19H23FN4O2/c1-2-21-18(25)23-12-15-4-3-5-16(10-15)13-24-19(26)22-11-14-6-8-17(20)9-7-14/h3-10H,2,11-13H2,1H3,(H2,21,23,25)(H2,22,24,26). The van der Waals surface area contributed by atoms with Crippen molar-refractivity contribution in [2.45, 2.75) is 26.6 Å². The Hall–Kier alpha value is -3.09. The molecular formula is C19H23FN4O2. The topological polar surface area (TPSA) is 82.3 Å². The van der Waals surface area contributed by atoms with Crippen LogP contribution in [0.1, 0.15) is 23.6 Å². The number of benzene rings is 2. The Labute approximate surface area is 152 Å². The summed E-state index contributed by atoms with van der Waals surface area (Å²) in [6, 6.07) is 13.1. The number of amides is 4. The fourth-order valence-electron chi connectivity index (χ4n) is 2.28. The van der Waals surface area contributed by atoms with E-state index in [9.17, 15) is 14.0 Å².